The van der Waals surface area contributed by atoms with Crippen LogP contribution in [0.2, 0.25) is 19.1 Å². The number of carbonyl (C=O) groups is 1. The molecule has 132 valence electrons. The number of benzene rings is 1. The fraction of sp³-hybridized carbons (Fsp3) is 0.476. The molecule has 0 amide bonds. The summed E-state index contributed by atoms with van der Waals surface area (Å²) in [6, 6.07) is 13.1. The van der Waals surface area contributed by atoms with Gasteiger partial charge in [0, 0.05) is 6.08 Å². The van der Waals surface area contributed by atoms with E-state index < -0.39 is 13.7 Å². The van der Waals surface area contributed by atoms with Gasteiger partial charge in [-0.3, -0.25) is 0 Å². The van der Waals surface area contributed by atoms with Gasteiger partial charge in [-0.2, -0.15) is 0 Å². The second-order valence-corrected chi connectivity index (χ2v) is 13.3. The molecule has 0 aliphatic rings. The second-order valence-electron chi connectivity index (χ2n) is 8.21. The van der Waals surface area contributed by atoms with Crippen LogP contribution in [-0.4, -0.2) is 19.6 Å². The maximum absolute atomic E-state index is 11.7. The minimum Gasteiger partial charge on any atom is -0.457 e. The SMILES string of the molecule is CC(/C=C\C[Si](C)(C)Cc1ccccc1)/C=C/C(=O)OC(C)(C)C. The van der Waals surface area contributed by atoms with E-state index in [1.165, 1.54) is 17.7 Å². The van der Waals surface area contributed by atoms with Gasteiger partial charge in [0.1, 0.15) is 5.60 Å². The van der Waals surface area contributed by atoms with E-state index in [1.54, 1.807) is 0 Å². The zero-order chi connectivity index (χ0) is 18.2. The van der Waals surface area contributed by atoms with Crippen molar-refractivity contribution in [2.45, 2.75) is 58.5 Å². The predicted octanol–water partition coefficient (Wildman–Crippen LogP) is 5.57. The lowest BCUT2D eigenvalue weighted by Crippen LogP contribution is -2.28. The molecular weight excluding hydrogens is 312 g/mol. The number of carbonyl (C=O) groups excluding carboxylic acids is 1. The van der Waals surface area contributed by atoms with Gasteiger partial charge in [-0.05, 0) is 38.8 Å². The van der Waals surface area contributed by atoms with Crippen LogP contribution in [0.4, 0.5) is 0 Å². The van der Waals surface area contributed by atoms with Crippen molar-refractivity contribution >= 4 is 14.0 Å². The van der Waals surface area contributed by atoms with Crippen molar-refractivity contribution in [3.63, 3.8) is 0 Å². The number of esters is 1. The fourth-order valence-electron chi connectivity index (χ4n) is 2.45. The van der Waals surface area contributed by atoms with Crippen LogP contribution in [0.15, 0.2) is 54.6 Å². The topological polar surface area (TPSA) is 26.3 Å². The molecule has 1 rings (SSSR count). The van der Waals surface area contributed by atoms with Gasteiger partial charge in [0.25, 0.3) is 0 Å². The molecule has 1 aromatic rings. The van der Waals surface area contributed by atoms with E-state index in [1.807, 2.05) is 26.8 Å². The molecule has 0 bridgehead atoms. The highest BCUT2D eigenvalue weighted by molar-refractivity contribution is 6.77. The Balaban J connectivity index is 2.46. The van der Waals surface area contributed by atoms with Crippen LogP contribution >= 0.6 is 0 Å². The maximum Gasteiger partial charge on any atom is 0.330 e. The van der Waals surface area contributed by atoms with E-state index in [4.69, 9.17) is 4.74 Å². The third-order valence-electron chi connectivity index (χ3n) is 3.58. The predicted molar refractivity (Wildman–Crippen MR) is 106 cm³/mol. The third kappa shape index (κ3) is 9.51. The molecule has 2 nitrogen and oxygen atoms in total. The van der Waals surface area contributed by atoms with E-state index in [0.717, 1.165) is 6.04 Å². The molecule has 0 radical (unpaired) electrons. The average Bonchev–Trinajstić information content (AvgIpc) is 2.43. The van der Waals surface area contributed by atoms with Crippen LogP contribution < -0.4 is 0 Å². The van der Waals surface area contributed by atoms with Crippen LogP contribution in [0.3, 0.4) is 0 Å². The number of hydrogen-bond donors (Lipinski definition) is 0. The highest BCUT2D eigenvalue weighted by atomic mass is 28.3. The van der Waals surface area contributed by atoms with Gasteiger partial charge >= 0.3 is 5.97 Å². The van der Waals surface area contributed by atoms with E-state index in [2.05, 4.69) is 62.5 Å². The minimum absolute atomic E-state index is 0.235. The third-order valence-corrected chi connectivity index (χ3v) is 6.28. The van der Waals surface area contributed by atoms with Crippen molar-refractivity contribution in [1.29, 1.82) is 0 Å². The molecule has 0 saturated heterocycles. The number of rotatable bonds is 7. The Morgan fingerprint density at radius 1 is 1.17 bits per heavy atom. The highest BCUT2D eigenvalue weighted by Gasteiger charge is 2.19. The maximum atomic E-state index is 11.7. The van der Waals surface area contributed by atoms with Crippen molar-refractivity contribution in [1.82, 2.24) is 0 Å². The lowest BCUT2D eigenvalue weighted by Gasteiger charge is -2.20. The Hall–Kier alpha value is -1.61. The molecule has 3 heteroatoms. The molecule has 0 saturated carbocycles. The smallest absolute Gasteiger partial charge is 0.330 e. The summed E-state index contributed by atoms with van der Waals surface area (Å²) in [4.78, 5) is 11.7. The largest absolute Gasteiger partial charge is 0.457 e. The molecule has 0 aromatic heterocycles. The Kier molecular flexibility index (Phi) is 7.68. The van der Waals surface area contributed by atoms with Crippen molar-refractivity contribution in [2.24, 2.45) is 5.92 Å². The first-order valence-electron chi connectivity index (χ1n) is 8.69. The number of allylic oxidation sites excluding steroid dienone is 3. The van der Waals surface area contributed by atoms with Gasteiger partial charge in [0.15, 0.2) is 0 Å². The molecule has 0 N–H and O–H groups in total. The Morgan fingerprint density at radius 3 is 2.38 bits per heavy atom. The molecular formula is C21H32O2Si. The second kappa shape index (κ2) is 9.02. The van der Waals surface area contributed by atoms with Crippen LogP contribution in [0, 0.1) is 5.92 Å². The number of hydrogen-bond acceptors (Lipinski definition) is 2. The molecule has 0 fully saturated rings. The Morgan fingerprint density at radius 2 is 1.79 bits per heavy atom. The Bertz CT molecular complexity index is 565. The van der Waals surface area contributed by atoms with Crippen molar-refractivity contribution in [3.8, 4) is 0 Å². The minimum atomic E-state index is -1.29. The van der Waals surface area contributed by atoms with E-state index in [0.29, 0.717) is 0 Å². The summed E-state index contributed by atoms with van der Waals surface area (Å²) < 4.78 is 5.27. The molecule has 24 heavy (non-hydrogen) atoms. The average molecular weight is 345 g/mol. The fourth-order valence-corrected chi connectivity index (χ4v) is 4.71. The lowest BCUT2D eigenvalue weighted by molar-refractivity contribution is -0.148. The van der Waals surface area contributed by atoms with Crippen LogP contribution in [0.1, 0.15) is 33.3 Å². The van der Waals surface area contributed by atoms with Gasteiger partial charge in [-0.15, -0.1) is 0 Å². The van der Waals surface area contributed by atoms with Crippen LogP contribution in [0.5, 0.6) is 0 Å². The Labute approximate surface area is 148 Å². The van der Waals surface area contributed by atoms with E-state index >= 15 is 0 Å². The van der Waals surface area contributed by atoms with Gasteiger partial charge < -0.3 is 4.74 Å². The van der Waals surface area contributed by atoms with Gasteiger partial charge in [0.05, 0.1) is 8.07 Å². The number of ether oxygens (including phenoxy) is 1. The molecule has 0 heterocycles. The standard InChI is InChI=1S/C21H32O2Si/c1-18(14-15-20(22)23-21(2,3)4)11-10-16-24(5,6)17-19-12-8-7-9-13-19/h7-15,18H,16-17H2,1-6H3/b11-10-,15-14+. The van der Waals surface area contributed by atoms with Gasteiger partial charge in [-0.1, -0.05) is 74.1 Å². The molecule has 0 aliphatic carbocycles. The molecule has 1 unspecified atom stereocenters. The molecule has 1 aromatic carbocycles. The normalized spacial score (nSPS) is 14.2. The summed E-state index contributed by atoms with van der Waals surface area (Å²) in [6.45, 7) is 12.6. The molecule has 0 spiro atoms. The van der Waals surface area contributed by atoms with Crippen LogP contribution in [-0.2, 0) is 15.6 Å². The zero-order valence-corrected chi connectivity index (χ0v) is 17.0. The first-order chi connectivity index (χ1) is 11.1. The van der Waals surface area contributed by atoms with Crippen molar-refractivity contribution < 1.29 is 9.53 Å². The lowest BCUT2D eigenvalue weighted by atomic mass is 10.1. The van der Waals surface area contributed by atoms with E-state index in [-0.39, 0.29) is 11.9 Å². The first kappa shape index (κ1) is 20.4. The van der Waals surface area contributed by atoms with Gasteiger partial charge in [0.2, 0.25) is 0 Å². The summed E-state index contributed by atoms with van der Waals surface area (Å²) >= 11 is 0. The zero-order valence-electron chi connectivity index (χ0n) is 16.0. The summed E-state index contributed by atoms with van der Waals surface area (Å²) in [7, 11) is -1.29. The summed E-state index contributed by atoms with van der Waals surface area (Å²) in [5.74, 6) is -0.0411. The van der Waals surface area contributed by atoms with Crippen molar-refractivity contribution in [2.75, 3.05) is 0 Å². The van der Waals surface area contributed by atoms with Crippen molar-refractivity contribution in [3.05, 3.63) is 60.2 Å². The van der Waals surface area contributed by atoms with E-state index in [9.17, 15) is 4.79 Å². The quantitative estimate of drug-likeness (QED) is 0.280. The summed E-state index contributed by atoms with van der Waals surface area (Å²) in [5, 5.41) is 0. The molecule has 1 atom stereocenters. The van der Waals surface area contributed by atoms with Gasteiger partial charge in [-0.25, -0.2) is 4.79 Å². The summed E-state index contributed by atoms with van der Waals surface area (Å²) in [6.07, 6.45) is 7.89. The van der Waals surface area contributed by atoms with Crippen LogP contribution in [0.25, 0.3) is 0 Å². The highest BCUT2D eigenvalue weighted by Crippen LogP contribution is 2.18. The monoisotopic (exact) mass is 344 g/mol. The first-order valence-corrected chi connectivity index (χ1v) is 12.1. The summed E-state index contributed by atoms with van der Waals surface area (Å²) in [5.41, 5.74) is 0.994. The molecule has 0 aliphatic heterocycles.